The van der Waals surface area contributed by atoms with Crippen LogP contribution < -0.4 is 0 Å². The molecule has 0 amide bonds. The highest BCUT2D eigenvalue weighted by atomic mass is 35.5. The summed E-state index contributed by atoms with van der Waals surface area (Å²) in [4.78, 5) is 23.5. The number of aliphatic carboxylic acids is 1. The number of ketones is 1. The minimum Gasteiger partial charge on any atom is -0.481 e. The Balaban J connectivity index is 2.14. The van der Waals surface area contributed by atoms with Gasteiger partial charge in [0, 0.05) is 16.5 Å². The van der Waals surface area contributed by atoms with Gasteiger partial charge in [-0.15, -0.1) is 0 Å². The van der Waals surface area contributed by atoms with Gasteiger partial charge in [-0.3, -0.25) is 9.59 Å². The SMILES string of the molecule is O=C(c1ccc(Cl)cc1)C1CCC(CO)(C(=O)O)C1. The highest BCUT2D eigenvalue weighted by Gasteiger charge is 2.47. The minimum atomic E-state index is -1.16. The van der Waals surface area contributed by atoms with E-state index in [2.05, 4.69) is 0 Å². The number of halogens is 1. The molecule has 1 aliphatic carbocycles. The number of aliphatic hydroxyl groups is 1. The summed E-state index contributed by atoms with van der Waals surface area (Å²) in [5.41, 5.74) is -0.624. The Morgan fingerprint density at radius 2 is 1.95 bits per heavy atom. The summed E-state index contributed by atoms with van der Waals surface area (Å²) < 4.78 is 0. The van der Waals surface area contributed by atoms with Gasteiger partial charge in [0.15, 0.2) is 5.78 Å². The lowest BCUT2D eigenvalue weighted by atomic mass is 9.85. The first-order valence-corrected chi connectivity index (χ1v) is 6.50. The normalized spacial score (nSPS) is 26.3. The summed E-state index contributed by atoms with van der Waals surface area (Å²) in [6, 6.07) is 6.56. The molecule has 0 bridgehead atoms. The third kappa shape index (κ3) is 2.65. The lowest BCUT2D eigenvalue weighted by Gasteiger charge is -2.20. The second kappa shape index (κ2) is 5.31. The van der Waals surface area contributed by atoms with Crippen molar-refractivity contribution >= 4 is 23.4 Å². The van der Waals surface area contributed by atoms with Crippen LogP contribution in [0.3, 0.4) is 0 Å². The van der Waals surface area contributed by atoms with Crippen LogP contribution in [0.15, 0.2) is 24.3 Å². The maximum atomic E-state index is 12.3. The molecule has 1 aromatic rings. The first-order chi connectivity index (χ1) is 8.98. The number of carboxylic acid groups (broad SMARTS) is 1. The number of Topliss-reactive ketones (excluding diaryl/α,β-unsaturated/α-hetero) is 1. The van der Waals surface area contributed by atoms with E-state index in [9.17, 15) is 19.8 Å². The molecule has 1 aromatic carbocycles. The van der Waals surface area contributed by atoms with Crippen LogP contribution in [-0.2, 0) is 4.79 Å². The van der Waals surface area contributed by atoms with Gasteiger partial charge >= 0.3 is 5.97 Å². The Bertz CT molecular complexity index is 497. The van der Waals surface area contributed by atoms with Gasteiger partial charge in [0.2, 0.25) is 0 Å². The van der Waals surface area contributed by atoms with Gasteiger partial charge < -0.3 is 10.2 Å². The van der Waals surface area contributed by atoms with Crippen LogP contribution in [0.25, 0.3) is 0 Å². The molecular formula is C14H15ClO4. The summed E-state index contributed by atoms with van der Waals surface area (Å²) in [7, 11) is 0. The van der Waals surface area contributed by atoms with Crippen molar-refractivity contribution in [3.63, 3.8) is 0 Å². The van der Waals surface area contributed by atoms with Gasteiger partial charge in [0.25, 0.3) is 0 Å². The van der Waals surface area contributed by atoms with Gasteiger partial charge in [-0.05, 0) is 43.5 Å². The van der Waals surface area contributed by atoms with Crippen LogP contribution >= 0.6 is 11.6 Å². The third-order valence-electron chi connectivity index (χ3n) is 3.86. The van der Waals surface area contributed by atoms with Crippen molar-refractivity contribution in [2.75, 3.05) is 6.61 Å². The monoisotopic (exact) mass is 282 g/mol. The van der Waals surface area contributed by atoms with E-state index >= 15 is 0 Å². The average Bonchev–Trinajstić information content (AvgIpc) is 2.84. The number of rotatable bonds is 4. The summed E-state index contributed by atoms with van der Waals surface area (Å²) in [6.07, 6.45) is 1.03. The fraction of sp³-hybridized carbons (Fsp3) is 0.429. The number of carbonyl (C=O) groups is 2. The highest BCUT2D eigenvalue weighted by Crippen LogP contribution is 2.43. The van der Waals surface area contributed by atoms with E-state index in [4.69, 9.17) is 11.6 Å². The van der Waals surface area contributed by atoms with Gasteiger partial charge in [-0.25, -0.2) is 0 Å². The Morgan fingerprint density at radius 3 is 2.42 bits per heavy atom. The lowest BCUT2D eigenvalue weighted by Crippen LogP contribution is -2.32. The predicted octanol–water partition coefficient (Wildman–Crippen LogP) is 2.39. The molecule has 5 heteroatoms. The molecule has 0 spiro atoms. The molecule has 1 fully saturated rings. The fourth-order valence-corrected chi connectivity index (χ4v) is 2.73. The maximum absolute atomic E-state index is 12.3. The fourth-order valence-electron chi connectivity index (χ4n) is 2.61. The van der Waals surface area contributed by atoms with Gasteiger partial charge in [-0.2, -0.15) is 0 Å². The van der Waals surface area contributed by atoms with Crippen molar-refractivity contribution in [1.29, 1.82) is 0 Å². The molecule has 0 saturated heterocycles. The number of aliphatic hydroxyl groups excluding tert-OH is 1. The minimum absolute atomic E-state index is 0.0757. The van der Waals surface area contributed by atoms with Crippen molar-refractivity contribution in [1.82, 2.24) is 0 Å². The van der Waals surface area contributed by atoms with E-state index in [-0.39, 0.29) is 18.1 Å². The first kappa shape index (κ1) is 14.0. The topological polar surface area (TPSA) is 74.6 Å². The molecule has 2 rings (SSSR count). The van der Waals surface area contributed by atoms with Crippen molar-refractivity contribution in [2.45, 2.75) is 19.3 Å². The largest absolute Gasteiger partial charge is 0.481 e. The molecule has 0 radical (unpaired) electrons. The van der Waals surface area contributed by atoms with Crippen molar-refractivity contribution < 1.29 is 19.8 Å². The molecule has 19 heavy (non-hydrogen) atoms. The standard InChI is InChI=1S/C14H15ClO4/c15-11-3-1-9(2-4-11)12(17)10-5-6-14(7-10,8-16)13(18)19/h1-4,10,16H,5-8H2,(H,18,19). The van der Waals surface area contributed by atoms with E-state index in [0.717, 1.165) is 0 Å². The summed E-state index contributed by atoms with van der Waals surface area (Å²) >= 11 is 5.76. The van der Waals surface area contributed by atoms with Crippen LogP contribution in [0.4, 0.5) is 0 Å². The quantitative estimate of drug-likeness (QED) is 0.832. The van der Waals surface area contributed by atoms with Gasteiger partial charge in [0.1, 0.15) is 0 Å². The zero-order chi connectivity index (χ0) is 14.0. The van der Waals surface area contributed by atoms with Crippen molar-refractivity contribution in [2.24, 2.45) is 11.3 Å². The molecule has 2 atom stereocenters. The van der Waals surface area contributed by atoms with E-state index < -0.39 is 18.0 Å². The number of hydrogen-bond donors (Lipinski definition) is 2. The number of hydrogen-bond acceptors (Lipinski definition) is 3. The van der Waals surface area contributed by atoms with Crippen molar-refractivity contribution in [3.8, 4) is 0 Å². The number of carbonyl (C=O) groups excluding carboxylic acids is 1. The van der Waals surface area contributed by atoms with E-state index in [1.807, 2.05) is 0 Å². The Labute approximate surface area is 116 Å². The van der Waals surface area contributed by atoms with E-state index in [1.165, 1.54) is 0 Å². The smallest absolute Gasteiger partial charge is 0.312 e. The molecule has 0 aromatic heterocycles. The Hall–Kier alpha value is -1.39. The van der Waals surface area contributed by atoms with Crippen LogP contribution in [-0.4, -0.2) is 28.6 Å². The molecule has 0 aliphatic heterocycles. The van der Waals surface area contributed by atoms with E-state index in [1.54, 1.807) is 24.3 Å². The number of carboxylic acids is 1. The average molecular weight is 283 g/mol. The molecule has 2 unspecified atom stereocenters. The van der Waals surface area contributed by atoms with Crippen LogP contribution in [0.1, 0.15) is 29.6 Å². The second-order valence-corrected chi connectivity index (χ2v) is 5.49. The molecule has 4 nitrogen and oxygen atoms in total. The Kier molecular flexibility index (Phi) is 3.92. The lowest BCUT2D eigenvalue weighted by molar-refractivity contribution is -0.151. The zero-order valence-corrected chi connectivity index (χ0v) is 11.1. The van der Waals surface area contributed by atoms with Crippen LogP contribution in [0.2, 0.25) is 5.02 Å². The molecule has 1 aliphatic rings. The van der Waals surface area contributed by atoms with Gasteiger partial charge in [0.05, 0.1) is 12.0 Å². The van der Waals surface area contributed by atoms with Crippen molar-refractivity contribution in [3.05, 3.63) is 34.9 Å². The maximum Gasteiger partial charge on any atom is 0.312 e. The summed E-state index contributed by atoms with van der Waals surface area (Å²) in [5.74, 6) is -1.45. The first-order valence-electron chi connectivity index (χ1n) is 6.12. The zero-order valence-electron chi connectivity index (χ0n) is 10.3. The van der Waals surface area contributed by atoms with Gasteiger partial charge in [-0.1, -0.05) is 11.6 Å². The number of benzene rings is 1. The van der Waals surface area contributed by atoms with Crippen LogP contribution in [0, 0.1) is 11.3 Å². The molecule has 0 heterocycles. The van der Waals surface area contributed by atoms with Crippen LogP contribution in [0.5, 0.6) is 0 Å². The summed E-state index contributed by atoms with van der Waals surface area (Å²) in [5, 5.41) is 19.0. The second-order valence-electron chi connectivity index (χ2n) is 5.05. The predicted molar refractivity (Wildman–Crippen MR) is 70.3 cm³/mol. The molecule has 2 N–H and O–H groups in total. The van der Waals surface area contributed by atoms with E-state index in [0.29, 0.717) is 23.4 Å². The molecular weight excluding hydrogens is 268 g/mol. The third-order valence-corrected chi connectivity index (χ3v) is 4.12. The Morgan fingerprint density at radius 1 is 1.32 bits per heavy atom. The highest BCUT2D eigenvalue weighted by molar-refractivity contribution is 6.30. The molecule has 1 saturated carbocycles. The molecule has 102 valence electrons. The summed E-state index contributed by atoms with van der Waals surface area (Å²) in [6.45, 7) is -0.424.